The number of rotatable bonds is 6. The molecule has 1 aromatic carbocycles. The zero-order valence-corrected chi connectivity index (χ0v) is 19.7. The molecule has 2 aliphatic rings. The summed E-state index contributed by atoms with van der Waals surface area (Å²) in [5.74, 6) is 0.331. The van der Waals surface area contributed by atoms with Crippen molar-refractivity contribution in [2.75, 3.05) is 18.4 Å². The Balaban J connectivity index is 1.59. The van der Waals surface area contributed by atoms with Crippen LogP contribution >= 0.6 is 12.2 Å². The van der Waals surface area contributed by atoms with Crippen molar-refractivity contribution in [3.05, 3.63) is 29.8 Å². The maximum Gasteiger partial charge on any atom is 0.173 e. The third-order valence-electron chi connectivity index (χ3n) is 6.20. The summed E-state index contributed by atoms with van der Waals surface area (Å²) in [7, 11) is 0. The Morgan fingerprint density at radius 3 is 2.70 bits per heavy atom. The van der Waals surface area contributed by atoms with Crippen molar-refractivity contribution in [1.29, 1.82) is 0 Å². The summed E-state index contributed by atoms with van der Waals surface area (Å²) in [5, 5.41) is 4.29. The summed E-state index contributed by atoms with van der Waals surface area (Å²) < 4.78 is 0. The maximum atomic E-state index is 12.0. The number of anilines is 1. The van der Waals surface area contributed by atoms with Gasteiger partial charge in [-0.25, -0.2) is 0 Å². The number of aryl methyl sites for hydroxylation is 1. The molecule has 0 radical (unpaired) electrons. The van der Waals surface area contributed by atoms with E-state index in [0.717, 1.165) is 42.4 Å². The van der Waals surface area contributed by atoms with Crippen LogP contribution in [0.1, 0.15) is 77.2 Å². The number of hydrogen-bond acceptors (Lipinski definition) is 3. The molecule has 0 amide bonds. The van der Waals surface area contributed by atoms with Crippen LogP contribution in [0.3, 0.4) is 0 Å². The van der Waals surface area contributed by atoms with Gasteiger partial charge in [-0.3, -0.25) is 9.79 Å². The minimum absolute atomic E-state index is 0.0571. The number of ketones is 1. The van der Waals surface area contributed by atoms with E-state index in [1.165, 1.54) is 37.7 Å². The number of thiocarbonyl (C=S) groups is 1. The summed E-state index contributed by atoms with van der Waals surface area (Å²) in [6.07, 6.45) is 9.47. The quantitative estimate of drug-likeness (QED) is 0.451. The molecule has 0 aromatic heterocycles. The fourth-order valence-corrected chi connectivity index (χ4v) is 5.21. The van der Waals surface area contributed by atoms with E-state index in [9.17, 15) is 4.79 Å². The van der Waals surface area contributed by atoms with Gasteiger partial charge in [-0.15, -0.1) is 0 Å². The molecule has 0 spiro atoms. The van der Waals surface area contributed by atoms with Crippen LogP contribution in [0.4, 0.5) is 5.69 Å². The lowest BCUT2D eigenvalue weighted by atomic mass is 9.76. The maximum absolute atomic E-state index is 12.0. The van der Waals surface area contributed by atoms with Crippen molar-refractivity contribution in [2.45, 2.75) is 84.6 Å². The molecule has 2 aliphatic carbocycles. The number of carbonyl (C=O) groups is 1. The topological polar surface area (TPSA) is 44.7 Å². The van der Waals surface area contributed by atoms with E-state index in [4.69, 9.17) is 17.2 Å². The Morgan fingerprint density at radius 1 is 1.23 bits per heavy atom. The first-order chi connectivity index (χ1) is 14.3. The molecule has 0 atom stereocenters. The summed E-state index contributed by atoms with van der Waals surface area (Å²) in [6, 6.07) is 8.90. The minimum Gasteiger partial charge on any atom is -0.346 e. The van der Waals surface area contributed by atoms with Gasteiger partial charge in [-0.05, 0) is 67.9 Å². The van der Waals surface area contributed by atoms with Crippen LogP contribution in [-0.2, 0) is 4.79 Å². The summed E-state index contributed by atoms with van der Waals surface area (Å²) in [6.45, 7) is 8.12. The fourth-order valence-electron chi connectivity index (χ4n) is 4.85. The van der Waals surface area contributed by atoms with Crippen molar-refractivity contribution < 1.29 is 4.79 Å². The Labute approximate surface area is 187 Å². The smallest absolute Gasteiger partial charge is 0.173 e. The minimum atomic E-state index is 0.0571. The monoisotopic (exact) mass is 427 g/mol. The van der Waals surface area contributed by atoms with E-state index in [-0.39, 0.29) is 5.41 Å². The molecular weight excluding hydrogens is 390 g/mol. The van der Waals surface area contributed by atoms with Crippen molar-refractivity contribution in [3.63, 3.8) is 0 Å². The Kier molecular flexibility index (Phi) is 8.04. The molecule has 2 saturated carbocycles. The number of Topliss-reactive ketones (excluding diaryl/α,β-unsaturated/α-hetero) is 1. The molecule has 1 N–H and O–H groups in total. The normalized spacial score (nSPS) is 20.9. The standard InChI is InChI=1S/C25H37N3OS/c1-19-9-7-10-20(15-19)27-24(30)28(22-11-5-4-6-12-22)14-8-13-26-21-16-23(29)18-25(2,3)17-21/h7,9-10,15,22H,4-6,8,11-14,16-18H2,1-3H3,(H,27,30). The zero-order valence-electron chi connectivity index (χ0n) is 18.9. The van der Waals surface area contributed by atoms with Gasteiger partial charge in [0.05, 0.1) is 0 Å². The third-order valence-corrected chi connectivity index (χ3v) is 6.53. The molecule has 0 saturated heterocycles. The predicted molar refractivity (Wildman–Crippen MR) is 131 cm³/mol. The highest BCUT2D eigenvalue weighted by atomic mass is 32.1. The Hall–Kier alpha value is -1.75. The molecule has 1 aromatic rings. The van der Waals surface area contributed by atoms with Gasteiger partial charge < -0.3 is 10.2 Å². The lowest BCUT2D eigenvalue weighted by molar-refractivity contribution is -0.120. The number of carbonyl (C=O) groups excluding carboxylic acids is 1. The van der Waals surface area contributed by atoms with Crippen LogP contribution in [0.2, 0.25) is 0 Å². The molecule has 0 bridgehead atoms. The van der Waals surface area contributed by atoms with Crippen molar-refractivity contribution in [1.82, 2.24) is 4.90 Å². The van der Waals surface area contributed by atoms with Crippen LogP contribution in [0, 0.1) is 12.3 Å². The highest BCUT2D eigenvalue weighted by Gasteiger charge is 2.30. The average molecular weight is 428 g/mol. The van der Waals surface area contributed by atoms with E-state index in [1.807, 2.05) is 0 Å². The van der Waals surface area contributed by atoms with Crippen molar-refractivity contribution >= 4 is 34.5 Å². The number of nitrogens with one attached hydrogen (secondary N) is 1. The highest BCUT2D eigenvalue weighted by Crippen LogP contribution is 2.32. The molecule has 0 unspecified atom stereocenters. The lowest BCUT2D eigenvalue weighted by Gasteiger charge is -2.36. The summed E-state index contributed by atoms with van der Waals surface area (Å²) >= 11 is 5.84. The molecule has 3 rings (SSSR count). The van der Waals surface area contributed by atoms with E-state index < -0.39 is 0 Å². The first kappa shape index (κ1) is 22.9. The average Bonchev–Trinajstić information content (AvgIpc) is 2.67. The van der Waals surface area contributed by atoms with E-state index in [0.29, 0.717) is 24.7 Å². The fraction of sp³-hybridized carbons (Fsp3) is 0.640. The van der Waals surface area contributed by atoms with E-state index >= 15 is 0 Å². The predicted octanol–water partition coefficient (Wildman–Crippen LogP) is 5.94. The van der Waals surface area contributed by atoms with Gasteiger partial charge in [-0.2, -0.15) is 0 Å². The van der Waals surface area contributed by atoms with Gasteiger partial charge in [0.25, 0.3) is 0 Å². The second-order valence-electron chi connectivity index (χ2n) is 9.82. The van der Waals surface area contributed by atoms with E-state index in [2.05, 4.69) is 55.3 Å². The van der Waals surface area contributed by atoms with Gasteiger partial charge in [0.1, 0.15) is 5.78 Å². The van der Waals surface area contributed by atoms with Crippen LogP contribution in [0.15, 0.2) is 29.3 Å². The summed E-state index contributed by atoms with van der Waals surface area (Å²) in [4.78, 5) is 19.2. The largest absolute Gasteiger partial charge is 0.346 e. The third kappa shape index (κ3) is 6.90. The van der Waals surface area contributed by atoms with Crippen molar-refractivity contribution in [2.24, 2.45) is 10.4 Å². The van der Waals surface area contributed by atoms with Crippen LogP contribution in [-0.4, -0.2) is 40.6 Å². The SMILES string of the molecule is Cc1cccc(NC(=S)N(CCCN=C2CC(=O)CC(C)(C)C2)C2CCCCC2)c1. The molecule has 2 fully saturated rings. The number of benzene rings is 1. The first-order valence-electron chi connectivity index (χ1n) is 11.5. The highest BCUT2D eigenvalue weighted by molar-refractivity contribution is 7.80. The zero-order chi connectivity index (χ0) is 21.6. The molecule has 0 heterocycles. The second kappa shape index (κ2) is 10.5. The Morgan fingerprint density at radius 2 is 2.00 bits per heavy atom. The van der Waals surface area contributed by atoms with Gasteiger partial charge in [0.2, 0.25) is 0 Å². The van der Waals surface area contributed by atoms with Gasteiger partial charge in [-0.1, -0.05) is 45.2 Å². The number of aliphatic imine (C=N–C) groups is 1. The van der Waals surface area contributed by atoms with Gasteiger partial charge in [0.15, 0.2) is 5.11 Å². The van der Waals surface area contributed by atoms with Crippen LogP contribution < -0.4 is 5.32 Å². The molecule has 30 heavy (non-hydrogen) atoms. The second-order valence-corrected chi connectivity index (χ2v) is 10.2. The lowest BCUT2D eigenvalue weighted by Crippen LogP contribution is -2.44. The van der Waals surface area contributed by atoms with Gasteiger partial charge >= 0.3 is 0 Å². The summed E-state index contributed by atoms with van der Waals surface area (Å²) in [5.41, 5.74) is 3.43. The van der Waals surface area contributed by atoms with Crippen LogP contribution in [0.25, 0.3) is 0 Å². The number of nitrogens with zero attached hydrogens (tertiary/aromatic N) is 2. The van der Waals surface area contributed by atoms with E-state index in [1.54, 1.807) is 0 Å². The van der Waals surface area contributed by atoms with Crippen LogP contribution in [0.5, 0.6) is 0 Å². The Bertz CT molecular complexity index is 780. The number of hydrogen-bond donors (Lipinski definition) is 1. The molecule has 4 nitrogen and oxygen atoms in total. The van der Waals surface area contributed by atoms with Crippen molar-refractivity contribution in [3.8, 4) is 0 Å². The molecule has 164 valence electrons. The molecule has 0 aliphatic heterocycles. The van der Waals surface area contributed by atoms with Gasteiger partial charge in [0, 0.05) is 43.4 Å². The molecular formula is C25H37N3OS. The molecule has 5 heteroatoms. The first-order valence-corrected chi connectivity index (χ1v) is 11.9.